The van der Waals surface area contributed by atoms with E-state index in [0.29, 0.717) is 52.7 Å². The summed E-state index contributed by atoms with van der Waals surface area (Å²) in [6, 6.07) is -0.195. The summed E-state index contributed by atoms with van der Waals surface area (Å²) in [5.74, 6) is 4.33. The van der Waals surface area contributed by atoms with Crippen molar-refractivity contribution in [2.45, 2.75) is 204 Å². The van der Waals surface area contributed by atoms with Crippen LogP contribution < -0.4 is 10.6 Å². The lowest BCUT2D eigenvalue weighted by atomic mass is 9.32. The lowest BCUT2D eigenvalue weighted by molar-refractivity contribution is -0.235. The quantitative estimate of drug-likeness (QED) is 0.131. The highest BCUT2D eigenvalue weighted by atomic mass is 16.3. The Bertz CT molecular complexity index is 1220. The van der Waals surface area contributed by atoms with Crippen molar-refractivity contribution in [2.24, 2.45) is 62.6 Å². The number of amides is 2. The van der Waals surface area contributed by atoms with Gasteiger partial charge in [0.15, 0.2) is 0 Å². The van der Waals surface area contributed by atoms with Crippen LogP contribution in [-0.4, -0.2) is 35.6 Å². The zero-order valence-corrected chi connectivity index (χ0v) is 36.0. The molecule has 0 spiro atoms. The molecule has 0 radical (unpaired) electrons. The third kappa shape index (κ3) is 8.40. The number of aliphatic hydroxyl groups is 1. The Morgan fingerprint density at radius 3 is 2.10 bits per heavy atom. The fourth-order valence-corrected chi connectivity index (χ4v) is 13.7. The third-order valence-corrected chi connectivity index (χ3v) is 16.5. The van der Waals surface area contributed by atoms with Gasteiger partial charge in [0.2, 0.25) is 11.8 Å². The molecule has 0 heterocycles. The van der Waals surface area contributed by atoms with Crippen molar-refractivity contribution in [3.05, 3.63) is 12.2 Å². The Morgan fingerprint density at radius 2 is 1.44 bits per heavy atom. The SMILES string of the molecule is C=C(C)[C@@H]1CCC2(C(=O)NCCCCCCCC(=O)NC(C)[C@@H](O)CC)CC[C@]3(C)C(CCC4C5(C)CCCC(C)(C)C5CCC43C)C12.CC(C)C. The van der Waals surface area contributed by atoms with Gasteiger partial charge >= 0.3 is 0 Å². The second-order valence-electron chi connectivity index (χ2n) is 21.0. The zero-order chi connectivity index (χ0) is 38.7. The number of allylic oxidation sites excluding steroid dienone is 1. The molecule has 5 fully saturated rings. The molecule has 0 aliphatic heterocycles. The molecular formula is C47H84N2O3. The molecule has 5 nitrogen and oxygen atoms in total. The molecule has 11 atom stereocenters. The van der Waals surface area contributed by atoms with E-state index >= 15 is 0 Å². The summed E-state index contributed by atoms with van der Waals surface area (Å²) in [7, 11) is 0. The van der Waals surface area contributed by atoms with E-state index < -0.39 is 6.10 Å². The molecule has 0 aromatic heterocycles. The highest BCUT2D eigenvalue weighted by Gasteiger charge is 2.71. The topological polar surface area (TPSA) is 78.4 Å². The Hall–Kier alpha value is -1.36. The van der Waals surface area contributed by atoms with Crippen molar-refractivity contribution in [3.8, 4) is 0 Å². The van der Waals surface area contributed by atoms with Crippen LogP contribution in [0.1, 0.15) is 192 Å². The Balaban J connectivity index is 0.00000144. The monoisotopic (exact) mass is 725 g/mol. The minimum atomic E-state index is -0.482. The van der Waals surface area contributed by atoms with Crippen molar-refractivity contribution in [1.29, 1.82) is 0 Å². The Labute approximate surface area is 321 Å². The van der Waals surface area contributed by atoms with Crippen LogP contribution >= 0.6 is 0 Å². The number of fused-ring (bicyclic) bond motifs is 7. The highest BCUT2D eigenvalue weighted by Crippen LogP contribution is 2.77. The molecule has 52 heavy (non-hydrogen) atoms. The van der Waals surface area contributed by atoms with Gasteiger partial charge < -0.3 is 15.7 Å². The van der Waals surface area contributed by atoms with Crippen LogP contribution in [0.25, 0.3) is 0 Å². The number of nitrogens with one attached hydrogen (secondary N) is 2. The van der Waals surface area contributed by atoms with E-state index in [2.05, 4.69) is 79.5 Å². The van der Waals surface area contributed by atoms with Gasteiger partial charge in [-0.3, -0.25) is 9.59 Å². The van der Waals surface area contributed by atoms with E-state index in [1.165, 1.54) is 56.9 Å². The molecule has 3 N–H and O–H groups in total. The van der Waals surface area contributed by atoms with E-state index in [4.69, 9.17) is 0 Å². The van der Waals surface area contributed by atoms with E-state index in [1.54, 1.807) is 0 Å². The second-order valence-corrected chi connectivity index (χ2v) is 21.0. The molecule has 5 saturated carbocycles. The maximum Gasteiger partial charge on any atom is 0.226 e. The maximum absolute atomic E-state index is 14.4. The fourth-order valence-electron chi connectivity index (χ4n) is 13.7. The first-order valence-electron chi connectivity index (χ1n) is 22.2. The highest BCUT2D eigenvalue weighted by molar-refractivity contribution is 5.84. The lowest BCUT2D eigenvalue weighted by Crippen LogP contribution is -2.66. The van der Waals surface area contributed by atoms with Crippen LogP contribution in [0.5, 0.6) is 0 Å². The number of rotatable bonds is 13. The molecule has 8 unspecified atom stereocenters. The molecule has 0 aromatic carbocycles. The summed E-state index contributed by atoms with van der Waals surface area (Å²) in [6.45, 7) is 31.1. The third-order valence-electron chi connectivity index (χ3n) is 16.5. The number of aliphatic hydroxyl groups excluding tert-OH is 1. The average molecular weight is 725 g/mol. The summed E-state index contributed by atoms with van der Waals surface area (Å²) in [4.78, 5) is 26.6. The molecule has 0 aromatic rings. The first-order chi connectivity index (χ1) is 24.3. The zero-order valence-electron chi connectivity index (χ0n) is 36.0. The molecule has 5 heteroatoms. The average Bonchev–Trinajstić information content (AvgIpc) is 3.46. The van der Waals surface area contributed by atoms with Crippen molar-refractivity contribution >= 4 is 11.8 Å². The molecule has 2 amide bonds. The Kier molecular flexibility index (Phi) is 14.3. The Morgan fingerprint density at radius 1 is 0.788 bits per heavy atom. The summed E-state index contributed by atoms with van der Waals surface area (Å²) >= 11 is 0. The van der Waals surface area contributed by atoms with Gasteiger partial charge in [-0.05, 0) is 154 Å². The number of hydrogen-bond donors (Lipinski definition) is 3. The summed E-state index contributed by atoms with van der Waals surface area (Å²) in [5.41, 5.74) is 2.59. The molecular weight excluding hydrogens is 641 g/mol. The molecule has 5 rings (SSSR count). The van der Waals surface area contributed by atoms with Gasteiger partial charge in [0, 0.05) is 13.0 Å². The number of carbonyl (C=O) groups is 2. The molecule has 300 valence electrons. The van der Waals surface area contributed by atoms with Crippen LogP contribution in [-0.2, 0) is 9.59 Å². The fraction of sp³-hybridized carbons (Fsp3) is 0.915. The molecule has 5 aliphatic rings. The molecule has 0 bridgehead atoms. The van der Waals surface area contributed by atoms with Crippen molar-refractivity contribution < 1.29 is 14.7 Å². The molecule has 5 aliphatic carbocycles. The van der Waals surface area contributed by atoms with Crippen LogP contribution in [0.15, 0.2) is 12.2 Å². The predicted molar refractivity (Wildman–Crippen MR) is 219 cm³/mol. The van der Waals surface area contributed by atoms with Gasteiger partial charge in [0.1, 0.15) is 0 Å². The van der Waals surface area contributed by atoms with Gasteiger partial charge in [0.05, 0.1) is 17.6 Å². The van der Waals surface area contributed by atoms with E-state index in [0.717, 1.165) is 75.7 Å². The number of unbranched alkanes of at least 4 members (excludes halogenated alkanes) is 4. The van der Waals surface area contributed by atoms with E-state index in [-0.39, 0.29) is 22.8 Å². The van der Waals surface area contributed by atoms with Crippen LogP contribution in [0.3, 0.4) is 0 Å². The van der Waals surface area contributed by atoms with Crippen LogP contribution in [0.2, 0.25) is 0 Å². The van der Waals surface area contributed by atoms with E-state index in [9.17, 15) is 14.7 Å². The van der Waals surface area contributed by atoms with Crippen LogP contribution in [0, 0.1) is 62.6 Å². The predicted octanol–water partition coefficient (Wildman–Crippen LogP) is 11.4. The minimum Gasteiger partial charge on any atom is -0.391 e. The van der Waals surface area contributed by atoms with Crippen molar-refractivity contribution in [2.75, 3.05) is 6.54 Å². The lowest BCUT2D eigenvalue weighted by Gasteiger charge is -2.72. The largest absolute Gasteiger partial charge is 0.391 e. The van der Waals surface area contributed by atoms with Crippen molar-refractivity contribution in [3.63, 3.8) is 0 Å². The van der Waals surface area contributed by atoms with E-state index in [1.807, 2.05) is 13.8 Å². The van der Waals surface area contributed by atoms with Crippen LogP contribution in [0.4, 0.5) is 0 Å². The molecule has 0 saturated heterocycles. The van der Waals surface area contributed by atoms with Gasteiger partial charge in [0.25, 0.3) is 0 Å². The minimum absolute atomic E-state index is 0.0339. The van der Waals surface area contributed by atoms with Gasteiger partial charge in [-0.15, -0.1) is 0 Å². The summed E-state index contributed by atoms with van der Waals surface area (Å²) in [5, 5.41) is 16.3. The smallest absolute Gasteiger partial charge is 0.226 e. The van der Waals surface area contributed by atoms with Gasteiger partial charge in [-0.1, -0.05) is 100 Å². The second kappa shape index (κ2) is 17.2. The number of hydrogen-bond acceptors (Lipinski definition) is 3. The first-order valence-corrected chi connectivity index (χ1v) is 22.2. The standard InChI is InChI=1S/C43H74N2O3.C4H10/c1-10-33(46)30(4)45-36(47)17-14-12-11-13-15-28-44-38(48)43-25-20-31(29(2)3)37(43)32-18-19-35-40(7)23-16-22-39(5,6)34(40)21-24-42(35,9)41(32,8)26-27-43;1-4(2)3/h30-35,37,46H,2,10-28H2,1,3-9H3,(H,44,48)(H,45,47);4H,1-3H3/t30?,31-,32?,33-,34?,35?,37?,40?,41+,42?,43?;/m0./s1. The maximum atomic E-state index is 14.4. The van der Waals surface area contributed by atoms with Gasteiger partial charge in [-0.2, -0.15) is 0 Å². The van der Waals surface area contributed by atoms with Crippen molar-refractivity contribution in [1.82, 2.24) is 10.6 Å². The van der Waals surface area contributed by atoms with Gasteiger partial charge in [-0.25, -0.2) is 0 Å². The summed E-state index contributed by atoms with van der Waals surface area (Å²) < 4.78 is 0. The number of carbonyl (C=O) groups excluding carboxylic acids is 2. The first kappa shape index (κ1) is 43.4. The summed E-state index contributed by atoms with van der Waals surface area (Å²) in [6.07, 6.45) is 19.7. The normalized spacial score (nSPS) is 38.7.